The molecule has 0 aliphatic carbocycles. The molecule has 2 aliphatic heterocycles. The van der Waals surface area contributed by atoms with Crippen LogP contribution in [0.25, 0.3) is 11.3 Å². The van der Waals surface area contributed by atoms with E-state index in [-0.39, 0.29) is 17.9 Å². The molecule has 4 heterocycles. The molecule has 2 aromatic heterocycles. The van der Waals surface area contributed by atoms with E-state index < -0.39 is 0 Å². The van der Waals surface area contributed by atoms with E-state index in [9.17, 15) is 9.59 Å². The molecule has 1 saturated heterocycles. The number of halogens is 1. The number of benzene rings is 1. The van der Waals surface area contributed by atoms with Crippen molar-refractivity contribution in [3.05, 3.63) is 77.2 Å². The zero-order chi connectivity index (χ0) is 26.6. The summed E-state index contributed by atoms with van der Waals surface area (Å²) in [5.41, 5.74) is 7.76. The number of piperidine rings is 1. The number of anilines is 1. The van der Waals surface area contributed by atoms with E-state index in [1.54, 1.807) is 30.5 Å². The quantitative estimate of drug-likeness (QED) is 0.380. The van der Waals surface area contributed by atoms with Gasteiger partial charge in [-0.05, 0) is 49.6 Å². The van der Waals surface area contributed by atoms with Gasteiger partial charge in [0.2, 0.25) is 5.91 Å². The van der Waals surface area contributed by atoms with Crippen molar-refractivity contribution >= 4 is 29.1 Å². The molecule has 3 aromatic rings. The van der Waals surface area contributed by atoms with Crippen LogP contribution in [0.1, 0.15) is 40.9 Å². The maximum Gasteiger partial charge on any atom is 0.253 e. The third-order valence-electron chi connectivity index (χ3n) is 6.83. The number of carbonyl (C=O) groups excluding carboxylic acids is 2. The number of hydrogen-bond acceptors (Lipinski definition) is 5. The molecule has 2 aliphatic rings. The predicted molar refractivity (Wildman–Crippen MR) is 147 cm³/mol. The van der Waals surface area contributed by atoms with Crippen LogP contribution in [-0.2, 0) is 11.2 Å². The average molecular weight is 530 g/mol. The highest BCUT2D eigenvalue weighted by Gasteiger charge is 2.27. The van der Waals surface area contributed by atoms with Gasteiger partial charge >= 0.3 is 0 Å². The number of para-hydroxylation sites is 1. The number of rotatable bonds is 5. The van der Waals surface area contributed by atoms with E-state index in [2.05, 4.69) is 34.1 Å². The predicted octanol–water partition coefficient (Wildman–Crippen LogP) is 4.29. The normalized spacial score (nSPS) is 16.5. The van der Waals surface area contributed by atoms with Crippen molar-refractivity contribution in [1.29, 1.82) is 0 Å². The molecule has 0 bridgehead atoms. The van der Waals surface area contributed by atoms with Crippen molar-refractivity contribution in [3.63, 3.8) is 0 Å². The first kappa shape index (κ1) is 25.4. The van der Waals surface area contributed by atoms with Crippen LogP contribution in [0.3, 0.4) is 0 Å². The number of likely N-dealkylation sites (tertiary alicyclic amines) is 1. The Kier molecular flexibility index (Phi) is 7.38. The third kappa shape index (κ3) is 4.85. The Labute approximate surface area is 226 Å². The van der Waals surface area contributed by atoms with E-state index in [0.29, 0.717) is 47.1 Å². The summed E-state index contributed by atoms with van der Waals surface area (Å²) in [6, 6.07) is 9.01. The van der Waals surface area contributed by atoms with E-state index in [0.717, 1.165) is 36.2 Å². The zero-order valence-electron chi connectivity index (χ0n) is 21.1. The number of nitrogens with one attached hydrogen (secondary N) is 2. The Hall–Kier alpha value is -4.22. The number of nitrogens with zero attached hydrogens (tertiary/aromatic N) is 3. The minimum absolute atomic E-state index is 0.109. The maximum atomic E-state index is 12.8. The molecule has 0 radical (unpaired) electrons. The second-order valence-electron chi connectivity index (χ2n) is 9.10. The SMILES string of the molecule is C=CC(=O)N1CCCC[C@H]1C#Cc1cnccc1-c1cc2c(n1Nc1cccc(Cl)c1OC)CCNC2=O. The minimum atomic E-state index is -0.193. The van der Waals surface area contributed by atoms with Gasteiger partial charge in [0, 0.05) is 37.5 Å². The topological polar surface area (TPSA) is 88.5 Å². The highest BCUT2D eigenvalue weighted by Crippen LogP contribution is 2.35. The molecule has 194 valence electrons. The molecule has 0 unspecified atom stereocenters. The van der Waals surface area contributed by atoms with Gasteiger partial charge in [0.05, 0.1) is 46.4 Å². The number of methoxy groups -OCH3 is 1. The summed E-state index contributed by atoms with van der Waals surface area (Å²) in [7, 11) is 1.56. The van der Waals surface area contributed by atoms with Crippen molar-refractivity contribution in [2.24, 2.45) is 0 Å². The number of pyridine rings is 1. The van der Waals surface area contributed by atoms with Gasteiger partial charge < -0.3 is 15.0 Å². The van der Waals surface area contributed by atoms with Crippen LogP contribution in [0.2, 0.25) is 5.02 Å². The van der Waals surface area contributed by atoms with E-state index in [1.165, 1.54) is 6.08 Å². The molecule has 1 fully saturated rings. The molecule has 0 saturated carbocycles. The summed E-state index contributed by atoms with van der Waals surface area (Å²) in [6.07, 6.45) is 8.17. The van der Waals surface area contributed by atoms with E-state index in [4.69, 9.17) is 16.3 Å². The van der Waals surface area contributed by atoms with Gasteiger partial charge in [-0.15, -0.1) is 0 Å². The molecule has 0 spiro atoms. The Bertz CT molecular complexity index is 1470. The summed E-state index contributed by atoms with van der Waals surface area (Å²) in [6.45, 7) is 4.83. The molecule has 8 nitrogen and oxygen atoms in total. The standard InChI is InChI=1S/C29H28ClN5O3/c1-3-27(36)34-16-5-4-7-20(34)11-10-19-18-31-14-12-21(19)26-17-22-25(13-15-32-29(22)37)35(26)33-24-9-6-8-23(30)28(24)38-2/h3,6,8-9,12,14,17-18,20,33H,1,4-5,7,13,15-16H2,2H3,(H,32,37)/t20-/m0/s1. The molecule has 2 N–H and O–H groups in total. The van der Waals surface area contributed by atoms with Crippen molar-refractivity contribution in [3.8, 4) is 28.8 Å². The number of hydrogen-bond donors (Lipinski definition) is 2. The van der Waals surface area contributed by atoms with Gasteiger partial charge in [0.15, 0.2) is 5.75 Å². The number of fused-ring (bicyclic) bond motifs is 1. The molecule has 2 amide bonds. The van der Waals surface area contributed by atoms with Gasteiger partial charge in [0.25, 0.3) is 5.91 Å². The van der Waals surface area contributed by atoms with Crippen LogP contribution in [0.4, 0.5) is 5.69 Å². The van der Waals surface area contributed by atoms with E-state index >= 15 is 0 Å². The van der Waals surface area contributed by atoms with Gasteiger partial charge in [-0.1, -0.05) is 36.1 Å². The van der Waals surface area contributed by atoms with Crippen LogP contribution in [-0.4, -0.2) is 52.6 Å². The van der Waals surface area contributed by atoms with Crippen molar-refractivity contribution in [2.45, 2.75) is 31.7 Å². The minimum Gasteiger partial charge on any atom is -0.493 e. The molecular weight excluding hydrogens is 502 g/mol. The van der Waals surface area contributed by atoms with E-state index in [1.807, 2.05) is 28.9 Å². The second kappa shape index (κ2) is 11.0. The first-order chi connectivity index (χ1) is 18.5. The summed E-state index contributed by atoms with van der Waals surface area (Å²) < 4.78 is 7.44. The fourth-order valence-corrected chi connectivity index (χ4v) is 5.23. The van der Waals surface area contributed by atoms with Crippen molar-refractivity contribution < 1.29 is 14.3 Å². The lowest BCUT2D eigenvalue weighted by Crippen LogP contribution is -2.42. The van der Waals surface area contributed by atoms with Gasteiger partial charge in [0.1, 0.15) is 0 Å². The Morgan fingerprint density at radius 3 is 3.00 bits per heavy atom. The Morgan fingerprint density at radius 2 is 2.18 bits per heavy atom. The number of carbonyl (C=O) groups is 2. The van der Waals surface area contributed by atoms with Crippen LogP contribution >= 0.6 is 11.6 Å². The molecular formula is C29H28ClN5O3. The first-order valence-corrected chi connectivity index (χ1v) is 12.9. The lowest BCUT2D eigenvalue weighted by atomic mass is 10.0. The third-order valence-corrected chi connectivity index (χ3v) is 7.13. The smallest absolute Gasteiger partial charge is 0.253 e. The summed E-state index contributed by atoms with van der Waals surface area (Å²) in [5.74, 6) is 6.84. The van der Waals surface area contributed by atoms with Gasteiger partial charge in [-0.25, -0.2) is 0 Å². The lowest BCUT2D eigenvalue weighted by molar-refractivity contribution is -0.128. The average Bonchev–Trinajstić information content (AvgIpc) is 3.31. The van der Waals surface area contributed by atoms with Crippen molar-refractivity contribution in [1.82, 2.24) is 19.9 Å². The lowest BCUT2D eigenvalue weighted by Gasteiger charge is -2.31. The van der Waals surface area contributed by atoms with Gasteiger partial charge in [-0.3, -0.25) is 24.7 Å². The van der Waals surface area contributed by atoms with Gasteiger partial charge in [-0.2, -0.15) is 0 Å². The van der Waals surface area contributed by atoms with Crippen molar-refractivity contribution in [2.75, 3.05) is 25.6 Å². The monoisotopic (exact) mass is 529 g/mol. The molecule has 1 aromatic carbocycles. The Balaban J connectivity index is 1.60. The molecule has 38 heavy (non-hydrogen) atoms. The summed E-state index contributed by atoms with van der Waals surface area (Å²) in [4.78, 5) is 31.2. The van der Waals surface area contributed by atoms with Crippen LogP contribution < -0.4 is 15.5 Å². The maximum absolute atomic E-state index is 12.8. The molecule has 5 rings (SSSR count). The van der Waals surface area contributed by atoms with Crippen LogP contribution in [0.5, 0.6) is 5.75 Å². The fourth-order valence-electron chi connectivity index (χ4n) is 4.97. The number of ether oxygens (including phenoxy) is 1. The van der Waals surface area contributed by atoms with Crippen LogP contribution in [0, 0.1) is 11.8 Å². The van der Waals surface area contributed by atoms with Crippen LogP contribution in [0.15, 0.2) is 55.4 Å². The molecule has 9 heteroatoms. The fraction of sp³-hybridized carbons (Fsp3) is 0.276. The second-order valence-corrected chi connectivity index (χ2v) is 9.51. The largest absolute Gasteiger partial charge is 0.493 e. The highest BCUT2D eigenvalue weighted by atomic mass is 35.5. The highest BCUT2D eigenvalue weighted by molar-refractivity contribution is 6.32. The zero-order valence-corrected chi connectivity index (χ0v) is 21.8. The first-order valence-electron chi connectivity index (χ1n) is 12.5. The number of amides is 2. The number of aromatic nitrogens is 2. The Morgan fingerprint density at radius 1 is 1.32 bits per heavy atom. The summed E-state index contributed by atoms with van der Waals surface area (Å²) in [5, 5.41) is 3.39. The summed E-state index contributed by atoms with van der Waals surface area (Å²) >= 11 is 6.38. The molecule has 1 atom stereocenters.